The number of hydrogen-bond donors (Lipinski definition) is 1. The molecule has 1 rings (SSSR count). The topological polar surface area (TPSA) is 46.3 Å². The Hall–Kier alpha value is -0.570. The van der Waals surface area contributed by atoms with Crippen molar-refractivity contribution in [2.24, 2.45) is 11.7 Å². The van der Waals surface area contributed by atoms with Gasteiger partial charge in [-0.3, -0.25) is 4.79 Å². The Balaban J connectivity index is 2.46. The molecule has 0 aliphatic carbocycles. The number of amides is 1. The van der Waals surface area contributed by atoms with Crippen molar-refractivity contribution in [3.05, 3.63) is 0 Å². The molecule has 0 saturated carbocycles. The summed E-state index contributed by atoms with van der Waals surface area (Å²) in [6.07, 6.45) is 1.84. The molecular weight excluding hydrogens is 164 g/mol. The Morgan fingerprint density at radius 2 is 1.85 bits per heavy atom. The highest BCUT2D eigenvalue weighted by Gasteiger charge is 2.28. The first-order chi connectivity index (χ1) is 5.92. The fourth-order valence-corrected chi connectivity index (χ4v) is 1.60. The van der Waals surface area contributed by atoms with Crippen LogP contribution in [0.1, 0.15) is 33.6 Å². The van der Waals surface area contributed by atoms with Gasteiger partial charge in [0.1, 0.15) is 0 Å². The Kier molecular flexibility index (Phi) is 2.96. The Morgan fingerprint density at radius 1 is 1.38 bits per heavy atom. The summed E-state index contributed by atoms with van der Waals surface area (Å²) in [5.74, 6) is 0.373. The van der Waals surface area contributed by atoms with Gasteiger partial charge in [0.25, 0.3) is 0 Å². The van der Waals surface area contributed by atoms with Gasteiger partial charge in [0, 0.05) is 24.5 Å². The third-order valence-corrected chi connectivity index (χ3v) is 2.71. The van der Waals surface area contributed by atoms with Crippen LogP contribution in [0.2, 0.25) is 0 Å². The molecule has 1 amide bonds. The van der Waals surface area contributed by atoms with Crippen LogP contribution < -0.4 is 5.73 Å². The molecular formula is C10H20N2O. The molecule has 1 saturated heterocycles. The van der Waals surface area contributed by atoms with Gasteiger partial charge in [-0.05, 0) is 19.8 Å². The second kappa shape index (κ2) is 3.66. The molecule has 1 aliphatic heterocycles. The van der Waals surface area contributed by atoms with Crippen LogP contribution in [0.3, 0.4) is 0 Å². The van der Waals surface area contributed by atoms with Crippen molar-refractivity contribution in [3.63, 3.8) is 0 Å². The molecule has 0 bridgehead atoms. The molecule has 0 spiro atoms. The molecule has 0 unspecified atom stereocenters. The van der Waals surface area contributed by atoms with Gasteiger partial charge in [-0.2, -0.15) is 0 Å². The summed E-state index contributed by atoms with van der Waals surface area (Å²) in [6, 6.07) is 0. The third kappa shape index (κ3) is 2.69. The van der Waals surface area contributed by atoms with Crippen molar-refractivity contribution in [2.45, 2.75) is 39.2 Å². The molecule has 0 radical (unpaired) electrons. The van der Waals surface area contributed by atoms with E-state index in [0.717, 1.165) is 25.9 Å². The summed E-state index contributed by atoms with van der Waals surface area (Å²) in [5.41, 5.74) is 5.92. The molecule has 2 N–H and O–H groups in total. The Morgan fingerprint density at radius 3 is 2.23 bits per heavy atom. The highest BCUT2D eigenvalue weighted by Crippen LogP contribution is 2.19. The molecule has 13 heavy (non-hydrogen) atoms. The number of likely N-dealkylation sites (tertiary alicyclic amines) is 1. The minimum Gasteiger partial charge on any atom is -0.342 e. The molecule has 0 atom stereocenters. The van der Waals surface area contributed by atoms with Crippen molar-refractivity contribution in [1.82, 2.24) is 4.90 Å². The van der Waals surface area contributed by atoms with Gasteiger partial charge in [-0.1, -0.05) is 13.8 Å². The molecule has 1 aliphatic rings. The summed E-state index contributed by atoms with van der Waals surface area (Å²) < 4.78 is 0. The number of hydrogen-bond acceptors (Lipinski definition) is 2. The average molecular weight is 184 g/mol. The van der Waals surface area contributed by atoms with E-state index >= 15 is 0 Å². The van der Waals surface area contributed by atoms with E-state index in [1.165, 1.54) is 0 Å². The van der Waals surface area contributed by atoms with E-state index in [-0.39, 0.29) is 17.4 Å². The first-order valence-electron chi connectivity index (χ1n) is 5.00. The summed E-state index contributed by atoms with van der Waals surface area (Å²) >= 11 is 0. The predicted octanol–water partition coefficient (Wildman–Crippen LogP) is 0.982. The summed E-state index contributed by atoms with van der Waals surface area (Å²) in [4.78, 5) is 13.5. The van der Waals surface area contributed by atoms with Gasteiger partial charge in [0.05, 0.1) is 0 Å². The largest absolute Gasteiger partial charge is 0.342 e. The van der Waals surface area contributed by atoms with Crippen molar-refractivity contribution < 1.29 is 4.79 Å². The first kappa shape index (κ1) is 10.5. The third-order valence-electron chi connectivity index (χ3n) is 2.71. The molecule has 1 fully saturated rings. The van der Waals surface area contributed by atoms with Gasteiger partial charge >= 0.3 is 0 Å². The van der Waals surface area contributed by atoms with Crippen LogP contribution in [0.25, 0.3) is 0 Å². The zero-order chi connectivity index (χ0) is 10.1. The molecule has 0 aromatic heterocycles. The van der Waals surface area contributed by atoms with Gasteiger partial charge in [0.2, 0.25) is 5.91 Å². The zero-order valence-corrected chi connectivity index (χ0v) is 8.84. The second-order valence-corrected chi connectivity index (χ2v) is 4.63. The number of nitrogens with zero attached hydrogens (tertiary/aromatic N) is 1. The van der Waals surface area contributed by atoms with E-state index in [9.17, 15) is 4.79 Å². The van der Waals surface area contributed by atoms with E-state index in [0.29, 0.717) is 0 Å². The summed E-state index contributed by atoms with van der Waals surface area (Å²) in [7, 11) is 0. The molecule has 0 aromatic rings. The van der Waals surface area contributed by atoms with Crippen LogP contribution in [-0.2, 0) is 4.79 Å². The lowest BCUT2D eigenvalue weighted by atomic mass is 9.90. The van der Waals surface area contributed by atoms with E-state index in [4.69, 9.17) is 5.73 Å². The molecule has 0 aromatic carbocycles. The first-order valence-corrected chi connectivity index (χ1v) is 5.00. The lowest BCUT2D eigenvalue weighted by molar-refractivity contribution is -0.135. The second-order valence-electron chi connectivity index (χ2n) is 4.63. The van der Waals surface area contributed by atoms with Gasteiger partial charge in [-0.25, -0.2) is 0 Å². The lowest BCUT2D eigenvalue weighted by Crippen LogP contribution is -2.50. The number of rotatable bonds is 1. The van der Waals surface area contributed by atoms with Crippen LogP contribution in [0.4, 0.5) is 0 Å². The van der Waals surface area contributed by atoms with Gasteiger partial charge < -0.3 is 10.6 Å². The highest BCUT2D eigenvalue weighted by atomic mass is 16.2. The van der Waals surface area contributed by atoms with Crippen LogP contribution >= 0.6 is 0 Å². The monoisotopic (exact) mass is 184 g/mol. The average Bonchev–Trinajstić information content (AvgIpc) is 2.03. The van der Waals surface area contributed by atoms with E-state index in [1.807, 2.05) is 18.7 Å². The SMILES string of the molecule is CC(C)C(=O)N1CCC(C)(N)CC1. The molecule has 76 valence electrons. The van der Waals surface area contributed by atoms with Gasteiger partial charge in [0.15, 0.2) is 0 Å². The zero-order valence-electron chi connectivity index (χ0n) is 8.84. The summed E-state index contributed by atoms with van der Waals surface area (Å²) in [6.45, 7) is 7.59. The van der Waals surface area contributed by atoms with Crippen LogP contribution in [0, 0.1) is 5.92 Å². The Labute approximate surface area is 80.3 Å². The Bertz CT molecular complexity index is 189. The maximum atomic E-state index is 11.6. The van der Waals surface area contributed by atoms with E-state index < -0.39 is 0 Å². The van der Waals surface area contributed by atoms with E-state index in [2.05, 4.69) is 6.92 Å². The van der Waals surface area contributed by atoms with Crippen LogP contribution in [-0.4, -0.2) is 29.4 Å². The minimum absolute atomic E-state index is 0.0617. The van der Waals surface area contributed by atoms with Crippen molar-refractivity contribution in [3.8, 4) is 0 Å². The molecule has 3 nitrogen and oxygen atoms in total. The molecule has 1 heterocycles. The van der Waals surface area contributed by atoms with Crippen molar-refractivity contribution >= 4 is 5.91 Å². The number of carbonyl (C=O) groups is 1. The normalized spacial score (nSPS) is 22.1. The van der Waals surface area contributed by atoms with E-state index in [1.54, 1.807) is 0 Å². The number of nitrogens with two attached hydrogens (primary N) is 1. The van der Waals surface area contributed by atoms with Gasteiger partial charge in [-0.15, -0.1) is 0 Å². The fraction of sp³-hybridized carbons (Fsp3) is 0.900. The van der Waals surface area contributed by atoms with Crippen LogP contribution in [0.15, 0.2) is 0 Å². The highest BCUT2D eigenvalue weighted by molar-refractivity contribution is 5.78. The van der Waals surface area contributed by atoms with Crippen LogP contribution in [0.5, 0.6) is 0 Å². The van der Waals surface area contributed by atoms with Crippen molar-refractivity contribution in [1.29, 1.82) is 0 Å². The minimum atomic E-state index is -0.0617. The lowest BCUT2D eigenvalue weighted by Gasteiger charge is -2.37. The molecule has 3 heteroatoms. The number of carbonyl (C=O) groups excluding carboxylic acids is 1. The standard InChI is InChI=1S/C10H20N2O/c1-8(2)9(13)12-6-4-10(3,11)5-7-12/h8H,4-7,11H2,1-3H3. The quantitative estimate of drug-likeness (QED) is 0.660. The number of piperidine rings is 1. The van der Waals surface area contributed by atoms with Crippen molar-refractivity contribution in [2.75, 3.05) is 13.1 Å². The fourth-order valence-electron chi connectivity index (χ4n) is 1.60. The maximum absolute atomic E-state index is 11.6. The summed E-state index contributed by atoms with van der Waals surface area (Å²) in [5, 5.41) is 0. The smallest absolute Gasteiger partial charge is 0.225 e. The maximum Gasteiger partial charge on any atom is 0.225 e. The predicted molar refractivity (Wildman–Crippen MR) is 53.2 cm³/mol.